The Morgan fingerprint density at radius 3 is 2.44 bits per heavy atom. The Balaban J connectivity index is 2.09. The molecule has 1 aromatic carbocycles. The van der Waals surface area contributed by atoms with Crippen LogP contribution in [-0.4, -0.2) is 52.4 Å². The quantitative estimate of drug-likeness (QED) is 0.855. The molecule has 0 bridgehead atoms. The number of ether oxygens (including phenoxy) is 3. The maximum atomic E-state index is 5.72. The van der Waals surface area contributed by atoms with Gasteiger partial charge in [-0.05, 0) is 30.5 Å². The number of nitrogens with zero attached hydrogens (tertiary/aromatic N) is 1. The van der Waals surface area contributed by atoms with E-state index in [4.69, 9.17) is 14.2 Å². The fraction of sp³-hybridized carbons (Fsp3) is 0.474. The van der Waals surface area contributed by atoms with Gasteiger partial charge in [-0.2, -0.15) is 0 Å². The van der Waals surface area contributed by atoms with Gasteiger partial charge in [0.25, 0.3) is 0 Å². The van der Waals surface area contributed by atoms with E-state index in [2.05, 4.69) is 33.8 Å². The van der Waals surface area contributed by atoms with Crippen LogP contribution in [0.25, 0.3) is 0 Å². The van der Waals surface area contributed by atoms with Crippen molar-refractivity contribution in [2.45, 2.75) is 12.5 Å². The van der Waals surface area contributed by atoms with Crippen LogP contribution in [0.4, 0.5) is 0 Å². The number of hydrogen-bond donors (Lipinski definition) is 1. The molecule has 2 heterocycles. The highest BCUT2D eigenvalue weighted by Gasteiger charge is 2.28. The summed E-state index contributed by atoms with van der Waals surface area (Å²) in [5.41, 5.74) is 1.12. The van der Waals surface area contributed by atoms with Crippen molar-refractivity contribution in [1.82, 2.24) is 10.2 Å². The lowest BCUT2D eigenvalue weighted by Gasteiger charge is -2.31. The fourth-order valence-corrected chi connectivity index (χ4v) is 4.24. The number of thiophene rings is 1. The van der Waals surface area contributed by atoms with E-state index in [9.17, 15) is 0 Å². The molecule has 25 heavy (non-hydrogen) atoms. The molecule has 0 spiro atoms. The van der Waals surface area contributed by atoms with Crippen LogP contribution in [0.5, 0.6) is 17.2 Å². The third-order valence-corrected chi connectivity index (χ3v) is 5.51. The summed E-state index contributed by atoms with van der Waals surface area (Å²) in [5, 5.41) is 5.61. The number of methoxy groups -OCH3 is 3. The molecule has 1 saturated heterocycles. The number of benzene rings is 1. The van der Waals surface area contributed by atoms with Gasteiger partial charge in [-0.25, -0.2) is 0 Å². The summed E-state index contributed by atoms with van der Waals surface area (Å²) < 4.78 is 16.7. The Morgan fingerprint density at radius 1 is 1.00 bits per heavy atom. The molecule has 2 aromatic rings. The SMILES string of the molecule is COc1cc(OC)c(C(c2cccs2)N2CCCNCC2)cc1OC. The van der Waals surface area contributed by atoms with Crippen LogP contribution in [0.1, 0.15) is 22.9 Å². The molecular formula is C19H26N2O3S. The molecule has 0 saturated carbocycles. The predicted molar refractivity (Wildman–Crippen MR) is 101 cm³/mol. The van der Waals surface area contributed by atoms with Crippen molar-refractivity contribution in [3.8, 4) is 17.2 Å². The first-order valence-corrected chi connectivity index (χ1v) is 9.44. The summed E-state index contributed by atoms with van der Waals surface area (Å²) in [7, 11) is 5.03. The average Bonchev–Trinajstić information content (AvgIpc) is 3.04. The van der Waals surface area contributed by atoms with Crippen LogP contribution < -0.4 is 19.5 Å². The molecule has 1 atom stereocenters. The smallest absolute Gasteiger partial charge is 0.164 e. The Bertz CT molecular complexity index is 668. The third-order valence-electron chi connectivity index (χ3n) is 4.58. The van der Waals surface area contributed by atoms with Crippen molar-refractivity contribution in [2.75, 3.05) is 47.5 Å². The van der Waals surface area contributed by atoms with Crippen LogP contribution in [0.15, 0.2) is 29.6 Å². The molecule has 1 aliphatic rings. The van der Waals surface area contributed by atoms with Crippen molar-refractivity contribution < 1.29 is 14.2 Å². The summed E-state index contributed by atoms with van der Waals surface area (Å²) in [5.74, 6) is 2.24. The van der Waals surface area contributed by atoms with Crippen LogP contribution in [0.3, 0.4) is 0 Å². The lowest BCUT2D eigenvalue weighted by molar-refractivity contribution is 0.238. The molecular weight excluding hydrogens is 336 g/mol. The zero-order chi connectivity index (χ0) is 17.6. The summed E-state index contributed by atoms with van der Waals surface area (Å²) in [4.78, 5) is 3.84. The van der Waals surface area contributed by atoms with Gasteiger partial charge in [-0.1, -0.05) is 6.07 Å². The molecule has 1 aliphatic heterocycles. The number of nitrogens with one attached hydrogen (secondary N) is 1. The van der Waals surface area contributed by atoms with Crippen molar-refractivity contribution in [3.63, 3.8) is 0 Å². The van der Waals surface area contributed by atoms with Crippen molar-refractivity contribution in [3.05, 3.63) is 40.1 Å². The van der Waals surface area contributed by atoms with Crippen LogP contribution in [0, 0.1) is 0 Å². The molecule has 0 amide bonds. The van der Waals surface area contributed by atoms with Crippen molar-refractivity contribution in [2.24, 2.45) is 0 Å². The van der Waals surface area contributed by atoms with Gasteiger partial charge in [0.05, 0.1) is 27.4 Å². The molecule has 5 nitrogen and oxygen atoms in total. The largest absolute Gasteiger partial charge is 0.496 e. The highest BCUT2D eigenvalue weighted by molar-refractivity contribution is 7.10. The lowest BCUT2D eigenvalue weighted by atomic mass is 10.0. The van der Waals surface area contributed by atoms with Gasteiger partial charge >= 0.3 is 0 Å². The minimum atomic E-state index is 0.148. The Morgan fingerprint density at radius 2 is 1.76 bits per heavy atom. The van der Waals surface area contributed by atoms with Gasteiger partial charge in [0.15, 0.2) is 11.5 Å². The standard InChI is InChI=1S/C19H26N2O3S/c1-22-15-13-17(24-3)16(23-2)12-14(15)19(18-6-4-11-25-18)21-9-5-7-20-8-10-21/h4,6,11-13,19-20H,5,7-10H2,1-3H3. The molecule has 136 valence electrons. The van der Waals surface area contributed by atoms with Crippen molar-refractivity contribution >= 4 is 11.3 Å². The zero-order valence-electron chi connectivity index (χ0n) is 15.1. The van der Waals surface area contributed by atoms with Crippen LogP contribution >= 0.6 is 11.3 Å². The Hall–Kier alpha value is -1.76. The third kappa shape index (κ3) is 3.92. The van der Waals surface area contributed by atoms with Gasteiger partial charge < -0.3 is 19.5 Å². The first-order valence-electron chi connectivity index (χ1n) is 8.56. The van der Waals surface area contributed by atoms with E-state index in [-0.39, 0.29) is 6.04 Å². The van der Waals surface area contributed by atoms with Gasteiger partial charge in [-0.3, -0.25) is 4.90 Å². The highest BCUT2D eigenvalue weighted by atomic mass is 32.1. The summed E-state index contributed by atoms with van der Waals surface area (Å²) in [6.07, 6.45) is 1.14. The zero-order valence-corrected chi connectivity index (χ0v) is 15.9. The predicted octanol–water partition coefficient (Wildman–Crippen LogP) is 3.16. The van der Waals surface area contributed by atoms with E-state index >= 15 is 0 Å². The van der Waals surface area contributed by atoms with Crippen LogP contribution in [-0.2, 0) is 0 Å². The highest BCUT2D eigenvalue weighted by Crippen LogP contribution is 2.42. The van der Waals surface area contributed by atoms with E-state index in [1.54, 1.807) is 32.7 Å². The minimum absolute atomic E-state index is 0.148. The molecule has 0 aliphatic carbocycles. The first kappa shape index (κ1) is 18.0. The lowest BCUT2D eigenvalue weighted by Crippen LogP contribution is -2.32. The molecule has 1 N–H and O–H groups in total. The molecule has 3 rings (SSSR count). The second-order valence-corrected chi connectivity index (χ2v) is 6.99. The molecule has 0 radical (unpaired) electrons. The second-order valence-electron chi connectivity index (χ2n) is 6.01. The number of rotatable bonds is 6. The maximum Gasteiger partial charge on any atom is 0.164 e. The van der Waals surface area contributed by atoms with E-state index in [1.165, 1.54) is 4.88 Å². The summed E-state index contributed by atoms with van der Waals surface area (Å²) in [6.45, 7) is 4.11. The molecule has 1 unspecified atom stereocenters. The summed E-state index contributed by atoms with van der Waals surface area (Å²) in [6, 6.07) is 8.43. The van der Waals surface area contributed by atoms with Gasteiger partial charge in [-0.15, -0.1) is 11.3 Å². The van der Waals surface area contributed by atoms with E-state index in [0.29, 0.717) is 5.75 Å². The van der Waals surface area contributed by atoms with Crippen LogP contribution in [0.2, 0.25) is 0 Å². The normalized spacial score (nSPS) is 16.9. The molecule has 1 fully saturated rings. The van der Waals surface area contributed by atoms with E-state index in [1.807, 2.05) is 6.07 Å². The van der Waals surface area contributed by atoms with E-state index in [0.717, 1.165) is 49.7 Å². The maximum absolute atomic E-state index is 5.72. The van der Waals surface area contributed by atoms with Gasteiger partial charge in [0, 0.05) is 36.1 Å². The topological polar surface area (TPSA) is 43.0 Å². The summed E-state index contributed by atoms with van der Waals surface area (Å²) >= 11 is 1.78. The number of hydrogen-bond acceptors (Lipinski definition) is 6. The molecule has 6 heteroatoms. The minimum Gasteiger partial charge on any atom is -0.496 e. The molecule has 1 aromatic heterocycles. The first-order chi connectivity index (χ1) is 12.3. The second kappa shape index (κ2) is 8.56. The monoisotopic (exact) mass is 362 g/mol. The fourth-order valence-electron chi connectivity index (χ4n) is 3.37. The average molecular weight is 362 g/mol. The van der Waals surface area contributed by atoms with E-state index < -0.39 is 0 Å². The van der Waals surface area contributed by atoms with Crippen molar-refractivity contribution in [1.29, 1.82) is 0 Å². The van der Waals surface area contributed by atoms with Gasteiger partial charge in [0.2, 0.25) is 0 Å². The Labute approximate surface area is 153 Å². The van der Waals surface area contributed by atoms with Gasteiger partial charge in [0.1, 0.15) is 5.75 Å². The Kier molecular flexibility index (Phi) is 6.18.